The van der Waals surface area contributed by atoms with E-state index in [2.05, 4.69) is 0 Å². The lowest BCUT2D eigenvalue weighted by Crippen LogP contribution is -2.42. The lowest BCUT2D eigenvalue weighted by molar-refractivity contribution is -0.139. The molecule has 7 heteroatoms. The van der Waals surface area contributed by atoms with E-state index >= 15 is 0 Å². The Morgan fingerprint density at radius 1 is 1.45 bits per heavy atom. The number of benzene rings is 1. The van der Waals surface area contributed by atoms with Gasteiger partial charge in [-0.05, 0) is 31.0 Å². The zero-order valence-corrected chi connectivity index (χ0v) is 13.2. The molecule has 1 saturated heterocycles. The highest BCUT2D eigenvalue weighted by atomic mass is 35.5. The van der Waals surface area contributed by atoms with Gasteiger partial charge in [0.15, 0.2) is 11.6 Å². The minimum Gasteiger partial charge on any atom is -0.370 e. The average molecular weight is 335 g/mol. The first-order valence-electron chi connectivity index (χ1n) is 7.07. The van der Waals surface area contributed by atoms with Crippen molar-refractivity contribution in [2.24, 2.45) is 5.73 Å². The van der Waals surface area contributed by atoms with Crippen LogP contribution in [0.3, 0.4) is 0 Å². The monoisotopic (exact) mass is 334 g/mol. The minimum absolute atomic E-state index is 0. The Bertz CT molecular complexity index is 514. The predicted molar refractivity (Wildman–Crippen MR) is 81.8 cm³/mol. The summed E-state index contributed by atoms with van der Waals surface area (Å²) in [5, 5.41) is 0. The van der Waals surface area contributed by atoms with Crippen molar-refractivity contribution in [2.45, 2.75) is 31.9 Å². The molecule has 1 aromatic carbocycles. The molecule has 0 bridgehead atoms. The largest absolute Gasteiger partial charge is 0.370 e. The number of carbonyl (C=O) groups excluding carboxylic acids is 1. The number of morpholine rings is 1. The molecule has 2 N–H and O–H groups in total. The smallest absolute Gasteiger partial charge is 0.222 e. The van der Waals surface area contributed by atoms with Crippen LogP contribution in [0.4, 0.5) is 8.78 Å². The van der Waals surface area contributed by atoms with Gasteiger partial charge in [0.25, 0.3) is 0 Å². The van der Waals surface area contributed by atoms with E-state index in [1.165, 1.54) is 6.07 Å². The molecule has 22 heavy (non-hydrogen) atoms. The third-order valence-corrected chi connectivity index (χ3v) is 3.55. The molecule has 0 aliphatic carbocycles. The highest BCUT2D eigenvalue weighted by Gasteiger charge is 2.25. The minimum atomic E-state index is -0.906. The van der Waals surface area contributed by atoms with E-state index < -0.39 is 17.7 Å². The fourth-order valence-corrected chi connectivity index (χ4v) is 2.30. The summed E-state index contributed by atoms with van der Waals surface area (Å²) in [6, 6.07) is 3.66. The number of nitrogens with two attached hydrogens (primary N) is 1. The second-order valence-corrected chi connectivity index (χ2v) is 5.39. The molecule has 124 valence electrons. The Kier molecular flexibility index (Phi) is 7.19. The summed E-state index contributed by atoms with van der Waals surface area (Å²) in [7, 11) is 0. The molecule has 1 aromatic rings. The van der Waals surface area contributed by atoms with Crippen LogP contribution in [-0.4, -0.2) is 36.5 Å². The number of ether oxygens (including phenoxy) is 1. The van der Waals surface area contributed by atoms with E-state index in [9.17, 15) is 13.6 Å². The van der Waals surface area contributed by atoms with E-state index in [0.717, 1.165) is 12.1 Å². The van der Waals surface area contributed by atoms with Gasteiger partial charge < -0.3 is 15.4 Å². The van der Waals surface area contributed by atoms with Crippen molar-refractivity contribution >= 4 is 18.3 Å². The van der Waals surface area contributed by atoms with Crippen LogP contribution in [0, 0.1) is 11.6 Å². The van der Waals surface area contributed by atoms with Gasteiger partial charge in [-0.2, -0.15) is 0 Å². The van der Waals surface area contributed by atoms with E-state index in [1.807, 2.05) is 6.92 Å². The molecule has 0 radical (unpaired) electrons. The van der Waals surface area contributed by atoms with Gasteiger partial charge in [0, 0.05) is 19.0 Å². The SMILES string of the molecule is CC(N)CCC(=O)N1CCOC(c2ccc(F)c(F)c2)C1.Cl. The van der Waals surface area contributed by atoms with E-state index in [-0.39, 0.29) is 24.4 Å². The Hall–Kier alpha value is -1.24. The maximum atomic E-state index is 13.3. The number of rotatable bonds is 4. The lowest BCUT2D eigenvalue weighted by Gasteiger charge is -2.33. The van der Waals surface area contributed by atoms with Gasteiger partial charge >= 0.3 is 0 Å². The fraction of sp³-hybridized carbons (Fsp3) is 0.533. The second-order valence-electron chi connectivity index (χ2n) is 5.39. The van der Waals surface area contributed by atoms with Crippen LogP contribution in [0.5, 0.6) is 0 Å². The van der Waals surface area contributed by atoms with Crippen molar-refractivity contribution in [1.82, 2.24) is 4.90 Å². The molecule has 2 rings (SSSR count). The highest BCUT2D eigenvalue weighted by Crippen LogP contribution is 2.24. The van der Waals surface area contributed by atoms with Gasteiger partial charge in [-0.1, -0.05) is 6.07 Å². The van der Waals surface area contributed by atoms with E-state index in [4.69, 9.17) is 10.5 Å². The fourth-order valence-electron chi connectivity index (χ4n) is 2.30. The zero-order chi connectivity index (χ0) is 15.4. The molecule has 2 atom stereocenters. The van der Waals surface area contributed by atoms with Crippen molar-refractivity contribution in [2.75, 3.05) is 19.7 Å². The quantitative estimate of drug-likeness (QED) is 0.920. The van der Waals surface area contributed by atoms with Gasteiger partial charge in [0.05, 0.1) is 13.2 Å². The molecule has 1 amide bonds. The molecule has 1 heterocycles. The molecule has 0 spiro atoms. The number of amides is 1. The van der Waals surface area contributed by atoms with Crippen molar-refractivity contribution in [3.63, 3.8) is 0 Å². The zero-order valence-electron chi connectivity index (χ0n) is 12.4. The predicted octanol–water partition coefficient (Wildman–Crippen LogP) is 2.41. The maximum absolute atomic E-state index is 13.3. The number of hydrogen-bond donors (Lipinski definition) is 1. The third kappa shape index (κ3) is 4.90. The summed E-state index contributed by atoms with van der Waals surface area (Å²) in [5.74, 6) is -1.78. The number of hydrogen-bond acceptors (Lipinski definition) is 3. The molecule has 2 unspecified atom stereocenters. The van der Waals surface area contributed by atoms with Crippen molar-refractivity contribution in [3.05, 3.63) is 35.4 Å². The first-order valence-corrected chi connectivity index (χ1v) is 7.07. The van der Waals surface area contributed by atoms with Crippen molar-refractivity contribution in [3.8, 4) is 0 Å². The molecular weight excluding hydrogens is 314 g/mol. The average Bonchev–Trinajstić information content (AvgIpc) is 2.47. The van der Waals surface area contributed by atoms with Crippen LogP contribution < -0.4 is 5.73 Å². The normalized spacial score (nSPS) is 19.5. The first-order chi connectivity index (χ1) is 9.97. The summed E-state index contributed by atoms with van der Waals surface area (Å²) in [6.45, 7) is 3.10. The Labute approximate surface area is 135 Å². The Morgan fingerprint density at radius 2 is 2.18 bits per heavy atom. The topological polar surface area (TPSA) is 55.6 Å². The lowest BCUT2D eigenvalue weighted by atomic mass is 10.1. The molecule has 4 nitrogen and oxygen atoms in total. The van der Waals surface area contributed by atoms with Crippen molar-refractivity contribution in [1.29, 1.82) is 0 Å². The van der Waals surface area contributed by atoms with Gasteiger partial charge in [0.1, 0.15) is 6.10 Å². The van der Waals surface area contributed by atoms with Crippen LogP contribution in [0.25, 0.3) is 0 Å². The molecule has 1 aliphatic rings. The summed E-state index contributed by atoms with van der Waals surface area (Å²) in [6.07, 6.45) is 0.599. The van der Waals surface area contributed by atoms with Crippen LogP contribution in [0.1, 0.15) is 31.4 Å². The van der Waals surface area contributed by atoms with Crippen LogP contribution in [0.15, 0.2) is 18.2 Å². The molecule has 0 aromatic heterocycles. The van der Waals surface area contributed by atoms with Crippen LogP contribution in [0.2, 0.25) is 0 Å². The third-order valence-electron chi connectivity index (χ3n) is 3.55. The van der Waals surface area contributed by atoms with Gasteiger partial charge in [-0.3, -0.25) is 4.79 Å². The second kappa shape index (κ2) is 8.41. The summed E-state index contributed by atoms with van der Waals surface area (Å²) < 4.78 is 31.8. The van der Waals surface area contributed by atoms with Crippen molar-refractivity contribution < 1.29 is 18.3 Å². The molecule has 1 fully saturated rings. The standard InChI is InChI=1S/C15H20F2N2O2.ClH/c1-10(18)2-5-15(20)19-6-7-21-14(9-19)11-3-4-12(16)13(17)8-11;/h3-4,8,10,14H,2,5-7,9,18H2,1H3;1H. The van der Waals surface area contributed by atoms with Gasteiger partial charge in [0.2, 0.25) is 5.91 Å². The number of carbonyl (C=O) groups is 1. The van der Waals surface area contributed by atoms with Crippen LogP contribution >= 0.6 is 12.4 Å². The molecular formula is C15H21ClF2N2O2. The molecule has 1 aliphatic heterocycles. The number of nitrogens with zero attached hydrogens (tertiary/aromatic N) is 1. The summed E-state index contributed by atoms with van der Waals surface area (Å²) in [5.41, 5.74) is 6.19. The van der Waals surface area contributed by atoms with E-state index in [1.54, 1.807) is 4.90 Å². The highest BCUT2D eigenvalue weighted by molar-refractivity contribution is 5.85. The first kappa shape index (κ1) is 18.8. The Morgan fingerprint density at radius 3 is 2.82 bits per heavy atom. The van der Waals surface area contributed by atoms with Gasteiger partial charge in [-0.15, -0.1) is 12.4 Å². The molecule has 0 saturated carbocycles. The summed E-state index contributed by atoms with van der Waals surface area (Å²) >= 11 is 0. The number of halogens is 3. The maximum Gasteiger partial charge on any atom is 0.222 e. The Balaban J connectivity index is 0.00000242. The van der Waals surface area contributed by atoms with Crippen LogP contribution in [-0.2, 0) is 9.53 Å². The van der Waals surface area contributed by atoms with Gasteiger partial charge in [-0.25, -0.2) is 8.78 Å². The summed E-state index contributed by atoms with van der Waals surface area (Å²) in [4.78, 5) is 13.8. The van der Waals surface area contributed by atoms with E-state index in [0.29, 0.717) is 38.1 Å².